The Bertz CT molecular complexity index is 696. The van der Waals surface area contributed by atoms with Crippen LogP contribution in [-0.4, -0.2) is 31.9 Å². The first kappa shape index (κ1) is 16.5. The molecule has 0 spiro atoms. The number of nitrogens with one attached hydrogen (secondary N) is 1. The zero-order valence-electron chi connectivity index (χ0n) is 11.9. The molecule has 22 heavy (non-hydrogen) atoms. The van der Waals surface area contributed by atoms with Crippen molar-refractivity contribution in [3.63, 3.8) is 0 Å². The molecule has 2 aromatic heterocycles. The third-order valence-corrected chi connectivity index (χ3v) is 5.80. The Morgan fingerprint density at radius 2 is 2.27 bits per heavy atom. The fraction of sp³-hybridized carbons (Fsp3) is 0.417. The summed E-state index contributed by atoms with van der Waals surface area (Å²) in [7, 11) is 0. The highest BCUT2D eigenvalue weighted by Gasteiger charge is 2.27. The van der Waals surface area contributed by atoms with Crippen molar-refractivity contribution < 1.29 is 4.74 Å². The second-order valence-corrected chi connectivity index (χ2v) is 7.96. The van der Waals surface area contributed by atoms with Crippen molar-refractivity contribution in [3.8, 4) is 5.75 Å². The van der Waals surface area contributed by atoms with Crippen molar-refractivity contribution in [1.29, 1.82) is 0 Å². The molecule has 3 rings (SSSR count). The number of hydrogen-bond acceptors (Lipinski definition) is 6. The van der Waals surface area contributed by atoms with Crippen molar-refractivity contribution in [2.45, 2.75) is 31.0 Å². The van der Waals surface area contributed by atoms with E-state index in [9.17, 15) is 0 Å². The zero-order chi connectivity index (χ0) is 15.7. The fourth-order valence-corrected chi connectivity index (χ4v) is 4.22. The van der Waals surface area contributed by atoms with Crippen molar-refractivity contribution in [3.05, 3.63) is 16.9 Å². The molecule has 1 saturated carbocycles. The summed E-state index contributed by atoms with van der Waals surface area (Å²) in [5.41, 5.74) is 1.09. The summed E-state index contributed by atoms with van der Waals surface area (Å²) in [6.45, 7) is 2.02. The predicted molar refractivity (Wildman–Crippen MR) is 100 cm³/mol. The molecule has 1 unspecified atom stereocenters. The highest BCUT2D eigenvalue weighted by molar-refractivity contribution is 14.2. The normalized spacial score (nSPS) is 14.7. The summed E-state index contributed by atoms with van der Waals surface area (Å²) < 4.78 is 7.79. The van der Waals surface area contributed by atoms with Gasteiger partial charge in [-0.1, -0.05) is 23.4 Å². The number of halogens is 2. The van der Waals surface area contributed by atoms with Gasteiger partial charge in [-0.2, -0.15) is 5.10 Å². The van der Waals surface area contributed by atoms with Gasteiger partial charge >= 0.3 is 0 Å². The van der Waals surface area contributed by atoms with Gasteiger partial charge in [-0.05, 0) is 48.1 Å². The minimum Gasteiger partial charge on any atom is -0.484 e. The summed E-state index contributed by atoms with van der Waals surface area (Å²) >= 11 is 9.99. The fourth-order valence-electron chi connectivity index (χ4n) is 1.78. The monoisotopic (exact) mass is 469 g/mol. The topological polar surface area (TPSA) is 64.9 Å². The van der Waals surface area contributed by atoms with Crippen LogP contribution in [0.15, 0.2) is 11.2 Å². The van der Waals surface area contributed by atoms with Crippen LogP contribution in [0, 0.1) is 6.92 Å². The molecule has 118 valence electrons. The third-order valence-electron chi connectivity index (χ3n) is 3.01. The summed E-state index contributed by atoms with van der Waals surface area (Å²) in [5, 5.41) is 8.63. The largest absolute Gasteiger partial charge is 0.484 e. The Balaban J connectivity index is 1.93. The smallest absolute Gasteiger partial charge is 0.199 e. The Morgan fingerprint density at radius 3 is 2.86 bits per heavy atom. The van der Waals surface area contributed by atoms with Crippen molar-refractivity contribution in [1.82, 2.24) is 19.5 Å². The van der Waals surface area contributed by atoms with E-state index in [2.05, 4.69) is 42.4 Å². The number of anilines is 2. The maximum absolute atomic E-state index is 6.26. The van der Waals surface area contributed by atoms with Crippen LogP contribution in [0.2, 0.25) is 5.15 Å². The molecule has 6 nitrogen and oxygen atoms in total. The first-order valence-corrected chi connectivity index (χ1v) is 12.3. The lowest BCUT2D eigenvalue weighted by Crippen LogP contribution is -2.05. The van der Waals surface area contributed by atoms with Gasteiger partial charge in [0.25, 0.3) is 0 Å². The van der Waals surface area contributed by atoms with Gasteiger partial charge in [0.15, 0.2) is 27.7 Å². The third kappa shape index (κ3) is 3.77. The molecule has 1 aliphatic carbocycles. The lowest BCUT2D eigenvalue weighted by atomic mass is 10.4. The molecule has 1 aliphatic rings. The molecule has 1 N–H and O–H groups in total. The van der Waals surface area contributed by atoms with E-state index < -0.39 is 0 Å². The summed E-state index contributed by atoms with van der Waals surface area (Å²) in [5.74, 6) is 1.80. The van der Waals surface area contributed by atoms with Crippen LogP contribution in [0.4, 0.5) is 11.6 Å². The van der Waals surface area contributed by atoms with Crippen molar-refractivity contribution in [2.24, 2.45) is 0 Å². The van der Waals surface area contributed by atoms with Gasteiger partial charge in [0, 0.05) is 11.8 Å². The molecular weight excluding hydrogens is 456 g/mol. The van der Waals surface area contributed by atoms with Gasteiger partial charge in [0.1, 0.15) is 0 Å². The van der Waals surface area contributed by atoms with Crippen LogP contribution >= 0.6 is 51.8 Å². The van der Waals surface area contributed by atoms with Crippen LogP contribution in [-0.2, 0) is 0 Å². The van der Waals surface area contributed by atoms with E-state index in [0.717, 1.165) is 24.4 Å². The number of nitrogens with zero attached hydrogens (tertiary/aromatic N) is 4. The minimum absolute atomic E-state index is 0.219. The van der Waals surface area contributed by atoms with E-state index >= 15 is 0 Å². The van der Waals surface area contributed by atoms with Gasteiger partial charge in [0.2, 0.25) is 0 Å². The van der Waals surface area contributed by atoms with E-state index in [4.69, 9.17) is 16.3 Å². The molecule has 10 heteroatoms. The highest BCUT2D eigenvalue weighted by atomic mass is 127. The van der Waals surface area contributed by atoms with E-state index in [0.29, 0.717) is 28.3 Å². The number of ether oxygens (including phenoxy) is 1. The Kier molecular flexibility index (Phi) is 5.31. The number of aryl methyl sites for hydroxylation is 1. The molecule has 0 bridgehead atoms. The van der Waals surface area contributed by atoms with Crippen LogP contribution < -0.4 is 10.1 Å². The summed E-state index contributed by atoms with van der Waals surface area (Å²) in [4.78, 5) is 8.72. The first-order valence-electron chi connectivity index (χ1n) is 6.59. The molecule has 2 aromatic rings. The molecule has 0 aliphatic heterocycles. The molecule has 0 radical (unpaired) electrons. The maximum atomic E-state index is 6.26. The molecule has 0 saturated heterocycles. The van der Waals surface area contributed by atoms with Crippen LogP contribution in [0.5, 0.6) is 5.75 Å². The molecule has 2 heterocycles. The van der Waals surface area contributed by atoms with Gasteiger partial charge in [-0.25, -0.2) is 14.4 Å². The second-order valence-electron chi connectivity index (χ2n) is 4.79. The van der Waals surface area contributed by atoms with Gasteiger partial charge in [0.05, 0.1) is 12.5 Å². The van der Waals surface area contributed by atoms with Crippen LogP contribution in [0.3, 0.4) is 0 Å². The quantitative estimate of drug-likeness (QED) is 0.222. The standard InChI is InChI=1S/C12H14ClIN5OPS/c1-6-5-8(18-19(6)21-14)15-11-9(20-7-3-4-7)10(13)16-12(17-11)22-2/h5,7,21H,3-4H2,1-2H3,(H,15,16,17,18). The average Bonchev–Trinajstić information content (AvgIpc) is 3.24. The van der Waals surface area contributed by atoms with Crippen molar-refractivity contribution in [2.75, 3.05) is 11.6 Å². The Hall–Kier alpha value is -0.310. The van der Waals surface area contributed by atoms with Gasteiger partial charge < -0.3 is 10.1 Å². The van der Waals surface area contributed by atoms with E-state index in [1.807, 2.05) is 23.7 Å². The van der Waals surface area contributed by atoms with Crippen LogP contribution in [0.1, 0.15) is 18.5 Å². The average molecular weight is 470 g/mol. The minimum atomic E-state index is 0.219. The summed E-state index contributed by atoms with van der Waals surface area (Å²) in [6.07, 6.45) is 4.77. The number of thioether (sulfide) groups is 1. The number of rotatable bonds is 6. The number of aromatic nitrogens is 4. The molecule has 0 aromatic carbocycles. The van der Waals surface area contributed by atoms with Gasteiger partial charge in [-0.3, -0.25) is 0 Å². The highest BCUT2D eigenvalue weighted by Crippen LogP contribution is 2.38. The predicted octanol–water partition coefficient (Wildman–Crippen LogP) is 4.43. The van der Waals surface area contributed by atoms with E-state index in [1.165, 1.54) is 11.8 Å². The Morgan fingerprint density at radius 1 is 1.50 bits per heavy atom. The molecule has 1 atom stereocenters. The lowest BCUT2D eigenvalue weighted by Gasteiger charge is -2.12. The van der Waals surface area contributed by atoms with Gasteiger partial charge in [-0.15, -0.1) is 0 Å². The Labute approximate surface area is 152 Å². The molecule has 0 amide bonds. The molecule has 1 fully saturated rings. The zero-order valence-corrected chi connectivity index (χ0v) is 16.7. The lowest BCUT2D eigenvalue weighted by molar-refractivity contribution is 0.302. The van der Waals surface area contributed by atoms with Crippen LogP contribution in [0.25, 0.3) is 0 Å². The molecular formula is C12H14ClIN5OPS. The summed E-state index contributed by atoms with van der Waals surface area (Å²) in [6, 6.07) is 1.97. The number of hydrogen-bond donors (Lipinski definition) is 1. The van der Waals surface area contributed by atoms with E-state index in [-0.39, 0.29) is 6.10 Å². The van der Waals surface area contributed by atoms with Crippen molar-refractivity contribution >= 4 is 63.4 Å². The maximum Gasteiger partial charge on any atom is 0.199 e. The first-order chi connectivity index (χ1) is 10.6. The van der Waals surface area contributed by atoms with E-state index in [1.54, 1.807) is 0 Å². The SMILES string of the molecule is CSc1nc(Cl)c(OC2CC2)c(Nc2cc(C)n(PI)n2)n1. The second kappa shape index (κ2) is 7.07.